The highest BCUT2D eigenvalue weighted by Gasteiger charge is 2.20. The number of nitrogens with one attached hydrogen (secondary N) is 3. The predicted octanol–water partition coefficient (Wildman–Crippen LogP) is 6.03. The Morgan fingerprint density at radius 2 is 1.68 bits per heavy atom. The molecule has 1 unspecified atom stereocenters. The van der Waals surface area contributed by atoms with Crippen molar-refractivity contribution < 1.29 is 4.79 Å². The van der Waals surface area contributed by atoms with Crippen molar-refractivity contribution in [1.82, 2.24) is 10.3 Å². The molecule has 4 heteroatoms. The molecule has 0 bridgehead atoms. The van der Waals surface area contributed by atoms with Gasteiger partial charge in [-0.15, -0.1) is 0 Å². The Hall–Kier alpha value is -3.53. The topological polar surface area (TPSA) is 56.9 Å². The minimum atomic E-state index is -0.0824. The van der Waals surface area contributed by atoms with E-state index in [2.05, 4.69) is 85.1 Å². The predicted molar refractivity (Wildman–Crippen MR) is 129 cm³/mol. The van der Waals surface area contributed by atoms with E-state index in [1.807, 2.05) is 30.3 Å². The van der Waals surface area contributed by atoms with Crippen molar-refractivity contribution in [3.8, 4) is 0 Å². The molecule has 3 N–H and O–H groups in total. The number of hydrogen-bond acceptors (Lipinski definition) is 2. The molecule has 0 saturated heterocycles. The van der Waals surface area contributed by atoms with Gasteiger partial charge in [-0.25, -0.2) is 0 Å². The number of benzene rings is 3. The Balaban J connectivity index is 1.77. The Morgan fingerprint density at radius 1 is 0.935 bits per heavy atom. The molecule has 0 aliphatic carbocycles. The van der Waals surface area contributed by atoms with Crippen molar-refractivity contribution in [3.05, 3.63) is 101 Å². The maximum atomic E-state index is 12.0. The van der Waals surface area contributed by atoms with E-state index in [0.29, 0.717) is 5.56 Å². The molecule has 31 heavy (non-hydrogen) atoms. The fourth-order valence-corrected chi connectivity index (χ4v) is 3.89. The van der Waals surface area contributed by atoms with Crippen molar-refractivity contribution in [2.24, 2.45) is 0 Å². The lowest BCUT2D eigenvalue weighted by molar-refractivity contribution is 0.0963. The summed E-state index contributed by atoms with van der Waals surface area (Å²) in [5.41, 5.74) is 6.45. The van der Waals surface area contributed by atoms with Crippen LogP contribution in [0.1, 0.15) is 53.9 Å². The summed E-state index contributed by atoms with van der Waals surface area (Å²) in [6.07, 6.45) is 2.07. The molecule has 3 aromatic carbocycles. The number of para-hydroxylation sites is 1. The lowest BCUT2D eigenvalue weighted by Gasteiger charge is -2.24. The molecule has 0 saturated carbocycles. The van der Waals surface area contributed by atoms with E-state index in [9.17, 15) is 4.79 Å². The van der Waals surface area contributed by atoms with Crippen LogP contribution in [-0.4, -0.2) is 17.9 Å². The zero-order valence-electron chi connectivity index (χ0n) is 18.5. The first-order valence-electron chi connectivity index (χ1n) is 10.6. The second-order valence-electron chi connectivity index (χ2n) is 8.90. The summed E-state index contributed by atoms with van der Waals surface area (Å²) in [5.74, 6) is -0.0824. The normalized spacial score (nSPS) is 12.5. The maximum absolute atomic E-state index is 12.0. The molecule has 4 aromatic rings. The van der Waals surface area contributed by atoms with E-state index in [4.69, 9.17) is 0 Å². The Labute approximate surface area is 183 Å². The van der Waals surface area contributed by atoms with Gasteiger partial charge in [0.25, 0.3) is 5.91 Å². The maximum Gasteiger partial charge on any atom is 0.251 e. The summed E-state index contributed by atoms with van der Waals surface area (Å²) < 4.78 is 0. The standard InChI is InChI=1S/C27H29N3O/c1-27(2,3)20-8-7-9-21(16-20)30-25(18-12-14-19(15-13-18)26(31)28-4)23-17-29-24-11-6-5-10-22(23)24/h5-17,25,29-30H,1-4H3,(H,28,31). The van der Waals surface area contributed by atoms with Gasteiger partial charge < -0.3 is 15.6 Å². The molecular formula is C27H29N3O. The van der Waals surface area contributed by atoms with E-state index in [-0.39, 0.29) is 17.4 Å². The van der Waals surface area contributed by atoms with Gasteiger partial charge >= 0.3 is 0 Å². The van der Waals surface area contributed by atoms with Crippen molar-refractivity contribution in [2.45, 2.75) is 32.2 Å². The number of rotatable bonds is 5. The van der Waals surface area contributed by atoms with E-state index < -0.39 is 0 Å². The van der Waals surface area contributed by atoms with E-state index in [1.165, 1.54) is 16.5 Å². The summed E-state index contributed by atoms with van der Waals surface area (Å²) in [7, 11) is 1.65. The molecule has 0 aliphatic heterocycles. The zero-order valence-corrected chi connectivity index (χ0v) is 18.5. The molecule has 1 atom stereocenters. The molecule has 158 valence electrons. The minimum absolute atomic E-state index is 0.0647. The van der Waals surface area contributed by atoms with Crippen LogP contribution in [0.3, 0.4) is 0 Å². The Morgan fingerprint density at radius 3 is 2.39 bits per heavy atom. The van der Waals surface area contributed by atoms with E-state index >= 15 is 0 Å². The van der Waals surface area contributed by atoms with Gasteiger partial charge in [-0.1, -0.05) is 63.2 Å². The fraction of sp³-hybridized carbons (Fsp3) is 0.222. The summed E-state index contributed by atoms with van der Waals surface area (Å²) >= 11 is 0. The van der Waals surface area contributed by atoms with Crippen LogP contribution in [0.15, 0.2) is 79.0 Å². The number of amides is 1. The smallest absolute Gasteiger partial charge is 0.251 e. The summed E-state index contributed by atoms with van der Waals surface area (Å²) in [4.78, 5) is 15.4. The third-order valence-corrected chi connectivity index (χ3v) is 5.71. The molecule has 0 spiro atoms. The average Bonchev–Trinajstić information content (AvgIpc) is 3.21. The Kier molecular flexibility index (Phi) is 5.55. The number of fused-ring (bicyclic) bond motifs is 1. The lowest BCUT2D eigenvalue weighted by Crippen LogP contribution is -2.18. The lowest BCUT2D eigenvalue weighted by atomic mass is 9.87. The molecular weight excluding hydrogens is 382 g/mol. The molecule has 0 aliphatic rings. The first-order chi connectivity index (χ1) is 14.9. The number of carbonyl (C=O) groups is 1. The van der Waals surface area contributed by atoms with Gasteiger partial charge in [-0.2, -0.15) is 0 Å². The number of H-pyrrole nitrogens is 1. The highest BCUT2D eigenvalue weighted by Crippen LogP contribution is 2.33. The van der Waals surface area contributed by atoms with Crippen molar-refractivity contribution in [2.75, 3.05) is 12.4 Å². The summed E-state index contributed by atoms with van der Waals surface area (Å²) in [6, 6.07) is 24.7. The highest BCUT2D eigenvalue weighted by molar-refractivity contribution is 5.94. The third-order valence-electron chi connectivity index (χ3n) is 5.71. The molecule has 1 amide bonds. The Bertz CT molecular complexity index is 1200. The first kappa shape index (κ1) is 20.7. The van der Waals surface area contributed by atoms with Crippen LogP contribution in [0.5, 0.6) is 0 Å². The van der Waals surface area contributed by atoms with Gasteiger partial charge in [0.15, 0.2) is 0 Å². The largest absolute Gasteiger partial charge is 0.374 e. The second kappa shape index (κ2) is 8.31. The minimum Gasteiger partial charge on any atom is -0.374 e. The molecule has 0 fully saturated rings. The van der Waals surface area contributed by atoms with Crippen LogP contribution < -0.4 is 10.6 Å². The number of carbonyl (C=O) groups excluding carboxylic acids is 1. The molecule has 4 rings (SSSR count). The van der Waals surface area contributed by atoms with Crippen molar-refractivity contribution in [1.29, 1.82) is 0 Å². The monoisotopic (exact) mass is 411 g/mol. The number of aromatic nitrogens is 1. The molecule has 0 radical (unpaired) electrons. The molecule has 1 heterocycles. The van der Waals surface area contributed by atoms with E-state index in [0.717, 1.165) is 16.8 Å². The van der Waals surface area contributed by atoms with Gasteiger partial charge in [0.05, 0.1) is 6.04 Å². The van der Waals surface area contributed by atoms with Crippen LogP contribution in [-0.2, 0) is 5.41 Å². The SMILES string of the molecule is CNC(=O)c1ccc(C(Nc2cccc(C(C)(C)C)c2)c2c[nH]c3ccccc23)cc1. The molecule has 4 nitrogen and oxygen atoms in total. The quantitative estimate of drug-likeness (QED) is 0.376. The van der Waals surface area contributed by atoms with Gasteiger partial charge in [-0.05, 0) is 46.9 Å². The summed E-state index contributed by atoms with van der Waals surface area (Å²) in [5, 5.41) is 7.61. The first-order valence-corrected chi connectivity index (χ1v) is 10.6. The van der Waals surface area contributed by atoms with Crippen molar-refractivity contribution >= 4 is 22.5 Å². The van der Waals surface area contributed by atoms with Gasteiger partial charge in [-0.3, -0.25) is 4.79 Å². The second-order valence-corrected chi connectivity index (χ2v) is 8.90. The highest BCUT2D eigenvalue weighted by atomic mass is 16.1. The fourth-order valence-electron chi connectivity index (χ4n) is 3.89. The zero-order chi connectivity index (χ0) is 22.0. The van der Waals surface area contributed by atoms with Gasteiger partial charge in [0, 0.05) is 41.0 Å². The number of hydrogen-bond donors (Lipinski definition) is 3. The van der Waals surface area contributed by atoms with Gasteiger partial charge in [0.2, 0.25) is 0 Å². The van der Waals surface area contributed by atoms with Crippen LogP contribution in [0.25, 0.3) is 10.9 Å². The van der Waals surface area contributed by atoms with Crippen molar-refractivity contribution in [3.63, 3.8) is 0 Å². The van der Waals surface area contributed by atoms with E-state index in [1.54, 1.807) is 7.05 Å². The summed E-state index contributed by atoms with van der Waals surface area (Å²) in [6.45, 7) is 6.67. The average molecular weight is 412 g/mol. The van der Waals surface area contributed by atoms with Crippen LogP contribution in [0.4, 0.5) is 5.69 Å². The van der Waals surface area contributed by atoms with Crippen LogP contribution in [0, 0.1) is 0 Å². The van der Waals surface area contributed by atoms with Crippen LogP contribution in [0.2, 0.25) is 0 Å². The van der Waals surface area contributed by atoms with Gasteiger partial charge in [0.1, 0.15) is 0 Å². The number of aromatic amines is 1. The number of anilines is 1. The third kappa shape index (κ3) is 4.33. The van der Waals surface area contributed by atoms with Crippen LogP contribution >= 0.6 is 0 Å². The molecule has 1 aromatic heterocycles.